The molecule has 0 unspecified atom stereocenters. The number of thiophene rings is 1. The maximum Gasteiger partial charge on any atom is 0.255 e. The molecule has 41 heavy (non-hydrogen) atoms. The minimum atomic E-state index is 0.287. The van der Waals surface area contributed by atoms with E-state index in [0.29, 0.717) is 0 Å². The van der Waals surface area contributed by atoms with Crippen LogP contribution in [-0.4, -0.2) is 13.4 Å². The Morgan fingerprint density at radius 1 is 0.415 bits per heavy atom. The third kappa shape index (κ3) is 4.28. The lowest BCUT2D eigenvalue weighted by molar-refractivity contribution is 1.16. The molecule has 2 aliphatic heterocycles. The molecule has 4 aromatic carbocycles. The number of benzene rings is 4. The first-order chi connectivity index (χ1) is 19.6. The zero-order valence-electron chi connectivity index (χ0n) is 25.8. The van der Waals surface area contributed by atoms with Crippen LogP contribution in [0.5, 0.6) is 0 Å². The molecule has 5 aromatic rings. The standard InChI is InChI=1S/C38H38B2S/c1-21-11-25(5)35-29(15-21)19-30-16-22(2)12-26(6)36(30)39(35)33-9-10-34(41-33)40-37-27(7)13-23(3)17-31(37)20-32-18-24(4)14-28(8)38(32)40/h9-18H,19-20H2,1-8H3. The molecule has 3 heterocycles. The largest absolute Gasteiger partial charge is 0.255 e. The molecule has 0 saturated carbocycles. The monoisotopic (exact) mass is 548 g/mol. The van der Waals surface area contributed by atoms with Crippen LogP contribution >= 0.6 is 11.3 Å². The Hall–Kier alpha value is -3.29. The molecule has 0 atom stereocenters. The Bertz CT molecular complexity index is 1640. The van der Waals surface area contributed by atoms with Gasteiger partial charge in [-0.2, -0.15) is 11.3 Å². The number of hydrogen-bond acceptors (Lipinski definition) is 1. The fraction of sp³-hybridized carbons (Fsp3) is 0.263. The van der Waals surface area contributed by atoms with Gasteiger partial charge in [0.1, 0.15) is 0 Å². The summed E-state index contributed by atoms with van der Waals surface area (Å²) in [5, 5.41) is 0. The highest BCUT2D eigenvalue weighted by Gasteiger charge is 2.38. The SMILES string of the molecule is Cc1cc(C)c2c(c1)Cc1cc(C)cc(C)c1B2c1ccc(B2c3c(C)cc(C)cc3Cc3cc(C)cc(C)c32)s1. The first-order valence-corrected chi connectivity index (χ1v) is 15.9. The molecule has 0 saturated heterocycles. The Morgan fingerprint density at radius 3 is 0.951 bits per heavy atom. The summed E-state index contributed by atoms with van der Waals surface area (Å²) in [5.74, 6) is 0. The summed E-state index contributed by atoms with van der Waals surface area (Å²) >= 11 is 2.05. The number of aryl methyl sites for hydroxylation is 8. The molecule has 0 amide bonds. The second kappa shape index (κ2) is 9.63. The van der Waals surface area contributed by atoms with Crippen molar-refractivity contribution in [3.05, 3.63) is 127 Å². The van der Waals surface area contributed by atoms with Crippen molar-refractivity contribution < 1.29 is 0 Å². The van der Waals surface area contributed by atoms with Crippen molar-refractivity contribution in [3.8, 4) is 0 Å². The minimum absolute atomic E-state index is 0.287. The molecule has 3 heteroatoms. The number of rotatable bonds is 2. The lowest BCUT2D eigenvalue weighted by atomic mass is 9.34. The van der Waals surface area contributed by atoms with Crippen molar-refractivity contribution in [2.75, 3.05) is 0 Å². The quantitative estimate of drug-likeness (QED) is 0.265. The van der Waals surface area contributed by atoms with Crippen LogP contribution < -0.4 is 31.4 Å². The molecular formula is C38H38B2S. The molecule has 1 aromatic heterocycles. The predicted molar refractivity (Wildman–Crippen MR) is 183 cm³/mol. The van der Waals surface area contributed by atoms with Crippen LogP contribution in [-0.2, 0) is 12.8 Å². The van der Waals surface area contributed by atoms with Gasteiger partial charge in [-0.3, -0.25) is 0 Å². The van der Waals surface area contributed by atoms with Crippen LogP contribution in [0, 0.1) is 55.4 Å². The highest BCUT2D eigenvalue weighted by Crippen LogP contribution is 2.24. The van der Waals surface area contributed by atoms with E-state index in [1.54, 1.807) is 0 Å². The second-order valence-electron chi connectivity index (χ2n) is 13.1. The van der Waals surface area contributed by atoms with Crippen LogP contribution in [0.2, 0.25) is 0 Å². The molecule has 0 bridgehead atoms. The van der Waals surface area contributed by atoms with Crippen LogP contribution in [0.4, 0.5) is 0 Å². The van der Waals surface area contributed by atoms with Gasteiger partial charge in [0.05, 0.1) is 0 Å². The van der Waals surface area contributed by atoms with Gasteiger partial charge in [0, 0.05) is 0 Å². The Balaban J connectivity index is 1.46. The van der Waals surface area contributed by atoms with Crippen molar-refractivity contribution in [2.24, 2.45) is 0 Å². The Morgan fingerprint density at radius 2 is 0.683 bits per heavy atom. The van der Waals surface area contributed by atoms with Gasteiger partial charge in [-0.1, -0.05) is 127 Å². The van der Waals surface area contributed by atoms with Gasteiger partial charge >= 0.3 is 0 Å². The summed E-state index contributed by atoms with van der Waals surface area (Å²) in [4.78, 5) is 0. The molecule has 2 aliphatic rings. The number of hydrogen-bond donors (Lipinski definition) is 0. The number of fused-ring (bicyclic) bond motifs is 4. The smallest absolute Gasteiger partial charge is 0.163 e. The van der Waals surface area contributed by atoms with Gasteiger partial charge in [0.2, 0.25) is 0 Å². The third-order valence-corrected chi connectivity index (χ3v) is 10.8. The average molecular weight is 548 g/mol. The second-order valence-corrected chi connectivity index (χ2v) is 14.2. The van der Waals surface area contributed by atoms with E-state index < -0.39 is 0 Å². The maximum atomic E-state index is 2.46. The zero-order chi connectivity index (χ0) is 28.7. The van der Waals surface area contributed by atoms with Gasteiger partial charge in [-0.15, -0.1) is 0 Å². The fourth-order valence-corrected chi connectivity index (χ4v) is 9.70. The summed E-state index contributed by atoms with van der Waals surface area (Å²) in [6.45, 7) is 18.9. The van der Waals surface area contributed by atoms with Crippen LogP contribution in [0.1, 0.15) is 66.8 Å². The first kappa shape index (κ1) is 26.6. The summed E-state index contributed by atoms with van der Waals surface area (Å²) in [6, 6.07) is 24.2. The van der Waals surface area contributed by atoms with Gasteiger partial charge in [0.25, 0.3) is 13.4 Å². The molecule has 0 N–H and O–H groups in total. The summed E-state index contributed by atoms with van der Waals surface area (Å²) in [6.07, 6.45) is 2.07. The molecular weight excluding hydrogens is 510 g/mol. The normalized spacial score (nSPS) is 13.6. The fourth-order valence-electron chi connectivity index (χ4n) is 8.45. The molecule has 0 fully saturated rings. The van der Waals surface area contributed by atoms with Crippen molar-refractivity contribution in [1.29, 1.82) is 0 Å². The van der Waals surface area contributed by atoms with E-state index in [-0.39, 0.29) is 13.4 Å². The van der Waals surface area contributed by atoms with E-state index in [2.05, 4.69) is 127 Å². The lowest BCUT2D eigenvalue weighted by Gasteiger charge is -2.31. The van der Waals surface area contributed by atoms with Crippen molar-refractivity contribution in [2.45, 2.75) is 68.2 Å². The first-order valence-electron chi connectivity index (χ1n) is 15.1. The van der Waals surface area contributed by atoms with E-state index in [1.807, 2.05) is 0 Å². The minimum Gasteiger partial charge on any atom is -0.163 e. The van der Waals surface area contributed by atoms with Crippen LogP contribution in [0.3, 0.4) is 0 Å². The molecule has 0 spiro atoms. The van der Waals surface area contributed by atoms with Gasteiger partial charge < -0.3 is 0 Å². The summed E-state index contributed by atoms with van der Waals surface area (Å²) in [5.41, 5.74) is 23.3. The maximum absolute atomic E-state index is 2.46. The van der Waals surface area contributed by atoms with Gasteiger partial charge in [-0.25, -0.2) is 0 Å². The van der Waals surface area contributed by atoms with Crippen LogP contribution in [0.25, 0.3) is 0 Å². The zero-order valence-corrected chi connectivity index (χ0v) is 26.6. The topological polar surface area (TPSA) is 0 Å². The highest BCUT2D eigenvalue weighted by atomic mass is 32.1. The lowest BCUT2D eigenvalue weighted by Crippen LogP contribution is -2.59. The molecule has 7 rings (SSSR count). The van der Waals surface area contributed by atoms with Crippen molar-refractivity contribution in [1.82, 2.24) is 0 Å². The predicted octanol–water partition coefficient (Wildman–Crippen LogP) is 5.06. The van der Waals surface area contributed by atoms with Gasteiger partial charge in [-0.05, 0) is 100 Å². The molecule has 0 nitrogen and oxygen atoms in total. The van der Waals surface area contributed by atoms with E-state index in [1.165, 1.54) is 98.2 Å². The molecule has 0 aliphatic carbocycles. The average Bonchev–Trinajstić information content (AvgIpc) is 3.35. The van der Waals surface area contributed by atoms with Crippen molar-refractivity contribution >= 4 is 56.2 Å². The molecule has 0 radical (unpaired) electrons. The highest BCUT2D eigenvalue weighted by molar-refractivity contribution is 7.36. The molecule has 202 valence electrons. The van der Waals surface area contributed by atoms with E-state index in [0.717, 1.165) is 12.8 Å². The van der Waals surface area contributed by atoms with E-state index in [9.17, 15) is 0 Å². The van der Waals surface area contributed by atoms with E-state index in [4.69, 9.17) is 0 Å². The van der Waals surface area contributed by atoms with E-state index >= 15 is 0 Å². The van der Waals surface area contributed by atoms with Crippen LogP contribution in [0.15, 0.2) is 60.7 Å². The summed E-state index contributed by atoms with van der Waals surface area (Å²) in [7, 11) is 0. The van der Waals surface area contributed by atoms with Crippen molar-refractivity contribution in [3.63, 3.8) is 0 Å². The summed E-state index contributed by atoms with van der Waals surface area (Å²) < 4.78 is 2.95. The van der Waals surface area contributed by atoms with Gasteiger partial charge in [0.15, 0.2) is 0 Å². The Kier molecular flexibility index (Phi) is 6.25. The third-order valence-electron chi connectivity index (χ3n) is 9.60. The Labute approximate surface area is 251 Å².